The van der Waals surface area contributed by atoms with Crippen LogP contribution >= 0.6 is 0 Å². The molecule has 0 heterocycles. The Labute approximate surface area is 137 Å². The topological polar surface area (TPSA) is 50.4 Å². The fourth-order valence-electron chi connectivity index (χ4n) is 2.32. The Hall–Kier alpha value is -2.49. The highest BCUT2D eigenvalue weighted by Crippen LogP contribution is 2.16. The summed E-state index contributed by atoms with van der Waals surface area (Å²) >= 11 is 0. The molecule has 0 atom stereocenters. The largest absolute Gasteiger partial charge is 0.497 e. The van der Waals surface area contributed by atoms with E-state index in [1.165, 1.54) is 5.56 Å². The molecule has 0 fully saturated rings. The van der Waals surface area contributed by atoms with E-state index in [-0.39, 0.29) is 6.03 Å². The molecule has 0 radical (unpaired) electrons. The smallest absolute Gasteiger partial charge is 0.319 e. The second kappa shape index (κ2) is 8.22. The maximum Gasteiger partial charge on any atom is 0.319 e. The highest BCUT2D eigenvalue weighted by molar-refractivity contribution is 5.90. The first kappa shape index (κ1) is 16.9. The number of anilines is 1. The van der Waals surface area contributed by atoms with Crippen LogP contribution in [0.2, 0.25) is 0 Å². The fraction of sp³-hybridized carbons (Fsp3) is 0.316. The minimum absolute atomic E-state index is 0.159. The zero-order valence-electron chi connectivity index (χ0n) is 14.0. The number of benzene rings is 2. The summed E-state index contributed by atoms with van der Waals surface area (Å²) in [5, 5.41) is 5.79. The van der Waals surface area contributed by atoms with Gasteiger partial charge < -0.3 is 15.4 Å². The van der Waals surface area contributed by atoms with Crippen LogP contribution in [0.4, 0.5) is 10.5 Å². The number of ether oxygens (including phenoxy) is 1. The molecule has 2 amide bonds. The summed E-state index contributed by atoms with van der Waals surface area (Å²) in [6, 6.07) is 13.9. The van der Waals surface area contributed by atoms with Gasteiger partial charge in [0, 0.05) is 12.2 Å². The Morgan fingerprint density at radius 3 is 2.52 bits per heavy atom. The molecule has 122 valence electrons. The summed E-state index contributed by atoms with van der Waals surface area (Å²) in [5.41, 5.74) is 4.29. The number of hydrogen-bond acceptors (Lipinski definition) is 2. The van der Waals surface area contributed by atoms with E-state index in [0.29, 0.717) is 6.54 Å². The van der Waals surface area contributed by atoms with Crippen molar-refractivity contribution >= 4 is 11.7 Å². The Morgan fingerprint density at radius 1 is 1.09 bits per heavy atom. The third kappa shape index (κ3) is 5.33. The first-order chi connectivity index (χ1) is 11.1. The number of amides is 2. The number of carbonyl (C=O) groups excluding carboxylic acids is 1. The molecule has 2 N–H and O–H groups in total. The van der Waals surface area contributed by atoms with Gasteiger partial charge in [-0.2, -0.15) is 0 Å². The average molecular weight is 312 g/mol. The third-order valence-electron chi connectivity index (χ3n) is 3.73. The van der Waals surface area contributed by atoms with Crippen LogP contribution in [0.15, 0.2) is 42.5 Å². The van der Waals surface area contributed by atoms with E-state index >= 15 is 0 Å². The average Bonchev–Trinajstić information content (AvgIpc) is 2.55. The van der Waals surface area contributed by atoms with Crippen LogP contribution in [0.3, 0.4) is 0 Å². The van der Waals surface area contributed by atoms with Crippen LogP contribution in [-0.2, 0) is 6.42 Å². The molecule has 2 aromatic carbocycles. The van der Waals surface area contributed by atoms with Gasteiger partial charge in [0.05, 0.1) is 7.11 Å². The number of methoxy groups -OCH3 is 1. The van der Waals surface area contributed by atoms with Crippen molar-refractivity contribution in [3.8, 4) is 5.75 Å². The van der Waals surface area contributed by atoms with Crippen molar-refractivity contribution < 1.29 is 9.53 Å². The van der Waals surface area contributed by atoms with E-state index in [1.807, 2.05) is 44.2 Å². The van der Waals surface area contributed by atoms with Crippen molar-refractivity contribution in [1.82, 2.24) is 5.32 Å². The first-order valence-corrected chi connectivity index (χ1v) is 7.83. The Bertz CT molecular complexity index is 651. The molecule has 0 aromatic heterocycles. The van der Waals surface area contributed by atoms with Crippen molar-refractivity contribution in [2.24, 2.45) is 0 Å². The molecule has 0 saturated heterocycles. The Kier molecular flexibility index (Phi) is 6.03. The molecule has 0 bridgehead atoms. The van der Waals surface area contributed by atoms with Crippen LogP contribution in [0.25, 0.3) is 0 Å². The summed E-state index contributed by atoms with van der Waals surface area (Å²) in [6.07, 6.45) is 1.82. The van der Waals surface area contributed by atoms with Gasteiger partial charge in [-0.1, -0.05) is 24.3 Å². The van der Waals surface area contributed by atoms with Crippen molar-refractivity contribution in [2.75, 3.05) is 19.0 Å². The first-order valence-electron chi connectivity index (χ1n) is 7.83. The molecule has 0 unspecified atom stereocenters. The quantitative estimate of drug-likeness (QED) is 0.790. The lowest BCUT2D eigenvalue weighted by Gasteiger charge is -2.10. The lowest BCUT2D eigenvalue weighted by molar-refractivity contribution is 0.252. The maximum atomic E-state index is 11.9. The molecule has 0 saturated carbocycles. The second-order valence-corrected chi connectivity index (χ2v) is 5.65. The van der Waals surface area contributed by atoms with Gasteiger partial charge in [-0.15, -0.1) is 0 Å². The SMILES string of the molecule is COc1ccc(CCCNC(=O)Nc2cc(C)ccc2C)cc1. The summed E-state index contributed by atoms with van der Waals surface area (Å²) in [6.45, 7) is 4.64. The molecule has 23 heavy (non-hydrogen) atoms. The van der Waals surface area contributed by atoms with Gasteiger partial charge in [0.1, 0.15) is 5.75 Å². The van der Waals surface area contributed by atoms with Gasteiger partial charge in [-0.3, -0.25) is 0 Å². The molecule has 4 heteroatoms. The van der Waals surface area contributed by atoms with Gasteiger partial charge in [0.15, 0.2) is 0 Å². The van der Waals surface area contributed by atoms with Gasteiger partial charge in [0.2, 0.25) is 0 Å². The molecule has 0 spiro atoms. The lowest BCUT2D eigenvalue weighted by atomic mass is 10.1. The van der Waals surface area contributed by atoms with Crippen molar-refractivity contribution in [3.05, 3.63) is 59.2 Å². The van der Waals surface area contributed by atoms with Crippen LogP contribution < -0.4 is 15.4 Å². The third-order valence-corrected chi connectivity index (χ3v) is 3.73. The fourth-order valence-corrected chi connectivity index (χ4v) is 2.32. The minimum Gasteiger partial charge on any atom is -0.497 e. The van der Waals surface area contributed by atoms with Gasteiger partial charge in [0.25, 0.3) is 0 Å². The summed E-state index contributed by atoms with van der Waals surface area (Å²) in [4.78, 5) is 11.9. The zero-order valence-corrected chi connectivity index (χ0v) is 14.0. The number of aryl methyl sites for hydroxylation is 3. The Morgan fingerprint density at radius 2 is 1.83 bits per heavy atom. The van der Waals surface area contributed by atoms with Gasteiger partial charge in [-0.05, 0) is 61.6 Å². The summed E-state index contributed by atoms with van der Waals surface area (Å²) in [7, 11) is 1.66. The van der Waals surface area contributed by atoms with Crippen LogP contribution in [0, 0.1) is 13.8 Å². The molecular formula is C19H24N2O2. The monoisotopic (exact) mass is 312 g/mol. The van der Waals surface area contributed by atoms with Crippen LogP contribution in [0.1, 0.15) is 23.1 Å². The molecule has 0 aliphatic heterocycles. The molecule has 0 aliphatic carbocycles. The van der Waals surface area contributed by atoms with E-state index in [2.05, 4.69) is 22.8 Å². The normalized spacial score (nSPS) is 10.2. The van der Waals surface area contributed by atoms with Gasteiger partial charge >= 0.3 is 6.03 Å². The predicted molar refractivity (Wildman–Crippen MR) is 94.3 cm³/mol. The number of hydrogen-bond donors (Lipinski definition) is 2. The molecule has 2 aromatic rings. The van der Waals surface area contributed by atoms with E-state index in [9.17, 15) is 4.79 Å². The van der Waals surface area contributed by atoms with Crippen molar-refractivity contribution in [1.29, 1.82) is 0 Å². The summed E-state index contributed by atoms with van der Waals surface area (Å²) < 4.78 is 5.14. The highest BCUT2D eigenvalue weighted by atomic mass is 16.5. The maximum absolute atomic E-state index is 11.9. The van der Waals surface area contributed by atoms with Crippen LogP contribution in [-0.4, -0.2) is 19.7 Å². The molecule has 0 aliphatic rings. The van der Waals surface area contributed by atoms with E-state index in [1.54, 1.807) is 7.11 Å². The Balaban J connectivity index is 1.73. The van der Waals surface area contributed by atoms with Crippen LogP contribution in [0.5, 0.6) is 5.75 Å². The van der Waals surface area contributed by atoms with Crippen molar-refractivity contribution in [3.63, 3.8) is 0 Å². The van der Waals surface area contributed by atoms with Crippen molar-refractivity contribution in [2.45, 2.75) is 26.7 Å². The molecular weight excluding hydrogens is 288 g/mol. The molecule has 4 nitrogen and oxygen atoms in total. The lowest BCUT2D eigenvalue weighted by Crippen LogP contribution is -2.30. The second-order valence-electron chi connectivity index (χ2n) is 5.65. The minimum atomic E-state index is -0.159. The zero-order chi connectivity index (χ0) is 16.7. The summed E-state index contributed by atoms with van der Waals surface area (Å²) in [5.74, 6) is 0.861. The van der Waals surface area contributed by atoms with Gasteiger partial charge in [-0.25, -0.2) is 4.79 Å². The van der Waals surface area contributed by atoms with E-state index in [0.717, 1.165) is 35.4 Å². The number of urea groups is 1. The number of nitrogens with one attached hydrogen (secondary N) is 2. The number of rotatable bonds is 6. The number of carbonyl (C=O) groups is 1. The predicted octanol–water partition coefficient (Wildman–Crippen LogP) is 4.07. The standard InChI is InChI=1S/C19H24N2O2/c1-14-6-7-15(2)18(13-14)21-19(22)20-12-4-5-16-8-10-17(23-3)11-9-16/h6-11,13H,4-5,12H2,1-3H3,(H2,20,21,22). The highest BCUT2D eigenvalue weighted by Gasteiger charge is 2.04. The molecule has 2 rings (SSSR count). The van der Waals surface area contributed by atoms with E-state index in [4.69, 9.17) is 4.74 Å². The van der Waals surface area contributed by atoms with E-state index < -0.39 is 0 Å².